The maximum atomic E-state index is 11.3. The van der Waals surface area contributed by atoms with Crippen molar-refractivity contribution < 1.29 is 17.9 Å². The summed E-state index contributed by atoms with van der Waals surface area (Å²) in [4.78, 5) is 13.2. The zero-order chi connectivity index (χ0) is 12.9. The van der Waals surface area contributed by atoms with Crippen molar-refractivity contribution >= 4 is 16.0 Å². The van der Waals surface area contributed by atoms with Crippen LogP contribution in [0.4, 0.5) is 0 Å². The van der Waals surface area contributed by atoms with Gasteiger partial charge in [0.2, 0.25) is 10.0 Å². The molecule has 1 fully saturated rings. The molecule has 0 aromatic carbocycles. The lowest BCUT2D eigenvalue weighted by molar-refractivity contribution is -0.143. The van der Waals surface area contributed by atoms with Gasteiger partial charge in [0.05, 0.1) is 19.3 Å². The Kier molecular flexibility index (Phi) is 5.35. The summed E-state index contributed by atoms with van der Waals surface area (Å²) in [6, 6.07) is 0. The van der Waals surface area contributed by atoms with Gasteiger partial charge >= 0.3 is 5.97 Å². The Hall–Kier alpha value is -0.660. The van der Waals surface area contributed by atoms with Crippen LogP contribution in [-0.2, 0) is 19.6 Å². The number of carbonyl (C=O) groups is 1. The standard InChI is InChI=1S/C10H20N2O4S/c1-3-16-10(13)4-5-11-6-8-12(9-7-11)17(2,14)15/h3-9H2,1-2H3. The number of ether oxygens (including phenoxy) is 1. The average Bonchev–Trinajstić information content (AvgIpc) is 2.26. The summed E-state index contributed by atoms with van der Waals surface area (Å²) in [5.41, 5.74) is 0. The van der Waals surface area contributed by atoms with Crippen LogP contribution in [0.1, 0.15) is 13.3 Å². The maximum Gasteiger partial charge on any atom is 0.307 e. The molecule has 1 heterocycles. The van der Waals surface area contributed by atoms with Crippen LogP contribution in [0.2, 0.25) is 0 Å². The van der Waals surface area contributed by atoms with Crippen molar-refractivity contribution in [2.24, 2.45) is 0 Å². The van der Waals surface area contributed by atoms with Gasteiger partial charge in [-0.1, -0.05) is 0 Å². The average molecular weight is 264 g/mol. The second-order valence-corrected chi connectivity index (χ2v) is 6.04. The molecule has 17 heavy (non-hydrogen) atoms. The molecule has 0 atom stereocenters. The van der Waals surface area contributed by atoms with Gasteiger partial charge in [-0.2, -0.15) is 4.31 Å². The van der Waals surface area contributed by atoms with E-state index in [1.165, 1.54) is 10.6 Å². The van der Waals surface area contributed by atoms with Gasteiger partial charge in [0.15, 0.2) is 0 Å². The predicted octanol–water partition coefficient (Wildman–Crippen LogP) is -0.483. The monoisotopic (exact) mass is 264 g/mol. The van der Waals surface area contributed by atoms with Crippen LogP contribution in [0.25, 0.3) is 0 Å². The van der Waals surface area contributed by atoms with E-state index in [0.29, 0.717) is 45.8 Å². The van der Waals surface area contributed by atoms with E-state index in [1.54, 1.807) is 6.92 Å². The molecule has 1 aliphatic heterocycles. The smallest absolute Gasteiger partial charge is 0.307 e. The molecule has 0 aromatic rings. The number of esters is 1. The minimum Gasteiger partial charge on any atom is -0.466 e. The van der Waals surface area contributed by atoms with E-state index in [-0.39, 0.29) is 5.97 Å². The lowest BCUT2D eigenvalue weighted by Crippen LogP contribution is -2.48. The molecule has 1 rings (SSSR count). The van der Waals surface area contributed by atoms with Gasteiger partial charge in [-0.25, -0.2) is 8.42 Å². The first kappa shape index (κ1) is 14.4. The lowest BCUT2D eigenvalue weighted by atomic mass is 10.3. The fourth-order valence-corrected chi connectivity index (χ4v) is 2.59. The van der Waals surface area contributed by atoms with E-state index < -0.39 is 10.0 Å². The Bertz CT molecular complexity index is 347. The van der Waals surface area contributed by atoms with Crippen LogP contribution in [0, 0.1) is 0 Å². The van der Waals surface area contributed by atoms with Crippen molar-refractivity contribution in [1.29, 1.82) is 0 Å². The molecule has 0 unspecified atom stereocenters. The van der Waals surface area contributed by atoms with E-state index >= 15 is 0 Å². The van der Waals surface area contributed by atoms with Gasteiger partial charge in [0, 0.05) is 32.7 Å². The first-order valence-corrected chi connectivity index (χ1v) is 7.61. The third-order valence-electron chi connectivity index (χ3n) is 2.74. The summed E-state index contributed by atoms with van der Waals surface area (Å²) < 4.78 is 28.9. The highest BCUT2D eigenvalue weighted by atomic mass is 32.2. The zero-order valence-electron chi connectivity index (χ0n) is 10.4. The highest BCUT2D eigenvalue weighted by Crippen LogP contribution is 2.06. The molecule has 0 radical (unpaired) electrons. The van der Waals surface area contributed by atoms with E-state index in [0.717, 1.165) is 0 Å². The molecule has 100 valence electrons. The second kappa shape index (κ2) is 6.32. The fourth-order valence-electron chi connectivity index (χ4n) is 1.77. The molecule has 1 saturated heterocycles. The number of hydrogen-bond acceptors (Lipinski definition) is 5. The number of nitrogens with zero attached hydrogens (tertiary/aromatic N) is 2. The Morgan fingerprint density at radius 2 is 1.82 bits per heavy atom. The first-order chi connectivity index (χ1) is 7.93. The molecule has 0 N–H and O–H groups in total. The van der Waals surface area contributed by atoms with Gasteiger partial charge in [-0.3, -0.25) is 4.79 Å². The molecule has 0 aromatic heterocycles. The number of carbonyl (C=O) groups excluding carboxylic acids is 1. The molecular formula is C10H20N2O4S. The minimum absolute atomic E-state index is 0.196. The largest absolute Gasteiger partial charge is 0.466 e. The van der Waals surface area contributed by atoms with E-state index in [9.17, 15) is 13.2 Å². The second-order valence-electron chi connectivity index (χ2n) is 4.06. The predicted molar refractivity (Wildman–Crippen MR) is 64.1 cm³/mol. The van der Waals surface area contributed by atoms with Gasteiger partial charge in [0.1, 0.15) is 0 Å². The van der Waals surface area contributed by atoms with Crippen molar-refractivity contribution in [2.45, 2.75) is 13.3 Å². The summed E-state index contributed by atoms with van der Waals surface area (Å²) in [6.45, 7) is 5.17. The third kappa shape index (κ3) is 5.01. The van der Waals surface area contributed by atoms with Crippen LogP contribution in [-0.4, -0.2) is 69.2 Å². The number of piperazine rings is 1. The van der Waals surface area contributed by atoms with Gasteiger partial charge in [0.25, 0.3) is 0 Å². The van der Waals surface area contributed by atoms with Gasteiger partial charge < -0.3 is 9.64 Å². The Morgan fingerprint density at radius 1 is 1.24 bits per heavy atom. The quantitative estimate of drug-likeness (QED) is 0.627. The highest BCUT2D eigenvalue weighted by Gasteiger charge is 2.23. The van der Waals surface area contributed by atoms with Crippen LogP contribution >= 0.6 is 0 Å². The Labute approximate surface area is 103 Å². The SMILES string of the molecule is CCOC(=O)CCN1CCN(S(C)(=O)=O)CC1. The fraction of sp³-hybridized carbons (Fsp3) is 0.900. The number of rotatable bonds is 5. The molecule has 7 heteroatoms. The van der Waals surface area contributed by atoms with Crippen molar-refractivity contribution in [1.82, 2.24) is 9.21 Å². The highest BCUT2D eigenvalue weighted by molar-refractivity contribution is 7.88. The van der Waals surface area contributed by atoms with E-state index in [2.05, 4.69) is 4.90 Å². The van der Waals surface area contributed by atoms with Crippen LogP contribution < -0.4 is 0 Å². The van der Waals surface area contributed by atoms with E-state index in [1.807, 2.05) is 0 Å². The van der Waals surface area contributed by atoms with Crippen molar-refractivity contribution in [2.75, 3.05) is 45.6 Å². The molecular weight excluding hydrogens is 244 g/mol. The topological polar surface area (TPSA) is 66.9 Å². The summed E-state index contributed by atoms with van der Waals surface area (Å²) >= 11 is 0. The van der Waals surface area contributed by atoms with Gasteiger partial charge in [-0.05, 0) is 6.92 Å². The zero-order valence-corrected chi connectivity index (χ0v) is 11.2. The summed E-state index contributed by atoms with van der Waals surface area (Å²) in [5, 5.41) is 0. The molecule has 0 amide bonds. The number of hydrogen-bond donors (Lipinski definition) is 0. The lowest BCUT2D eigenvalue weighted by Gasteiger charge is -2.32. The van der Waals surface area contributed by atoms with Crippen molar-refractivity contribution in [3.8, 4) is 0 Å². The third-order valence-corrected chi connectivity index (χ3v) is 4.04. The van der Waals surface area contributed by atoms with Crippen LogP contribution in [0.3, 0.4) is 0 Å². The Morgan fingerprint density at radius 3 is 2.29 bits per heavy atom. The molecule has 0 bridgehead atoms. The molecule has 0 spiro atoms. The Balaban J connectivity index is 2.26. The normalized spacial score (nSPS) is 19.2. The minimum atomic E-state index is -3.07. The first-order valence-electron chi connectivity index (χ1n) is 5.76. The van der Waals surface area contributed by atoms with Crippen molar-refractivity contribution in [3.05, 3.63) is 0 Å². The maximum absolute atomic E-state index is 11.3. The summed E-state index contributed by atoms with van der Waals surface area (Å²) in [7, 11) is -3.07. The molecule has 0 saturated carbocycles. The van der Waals surface area contributed by atoms with Gasteiger partial charge in [-0.15, -0.1) is 0 Å². The summed E-state index contributed by atoms with van der Waals surface area (Å²) in [5.74, 6) is -0.196. The molecule has 1 aliphatic rings. The molecule has 0 aliphatic carbocycles. The van der Waals surface area contributed by atoms with Crippen molar-refractivity contribution in [3.63, 3.8) is 0 Å². The van der Waals surface area contributed by atoms with Crippen LogP contribution in [0.15, 0.2) is 0 Å². The number of sulfonamides is 1. The summed E-state index contributed by atoms with van der Waals surface area (Å²) in [6.07, 6.45) is 1.59. The van der Waals surface area contributed by atoms with Crippen LogP contribution in [0.5, 0.6) is 0 Å². The van der Waals surface area contributed by atoms with E-state index in [4.69, 9.17) is 4.74 Å². The molecule has 6 nitrogen and oxygen atoms in total.